The summed E-state index contributed by atoms with van der Waals surface area (Å²) in [6.07, 6.45) is 4.05. The van der Waals surface area contributed by atoms with Crippen LogP contribution in [0.3, 0.4) is 0 Å². The third-order valence-electron chi connectivity index (χ3n) is 2.98. The number of benzene rings is 1. The van der Waals surface area contributed by atoms with Crippen molar-refractivity contribution in [1.82, 2.24) is 10.3 Å². The number of hydrogen-bond acceptors (Lipinski definition) is 3. The van der Waals surface area contributed by atoms with Gasteiger partial charge in [0.15, 0.2) is 0 Å². The largest absolute Gasteiger partial charge is 0.397 e. The molecular weight excluding hydrogens is 238 g/mol. The molecule has 0 fully saturated rings. The first kappa shape index (κ1) is 13.1. The minimum Gasteiger partial charge on any atom is -0.397 e. The molecule has 1 aromatic heterocycles. The summed E-state index contributed by atoms with van der Waals surface area (Å²) in [5.74, 6) is -0.181. The number of nitrogens with zero attached hydrogens (tertiary/aromatic N) is 1. The van der Waals surface area contributed by atoms with Gasteiger partial charge in [0.25, 0.3) is 5.91 Å². The molecule has 0 aliphatic heterocycles. The molecule has 0 atom stereocenters. The van der Waals surface area contributed by atoms with Crippen molar-refractivity contribution < 1.29 is 4.79 Å². The SMILES string of the molecule is CCc1ccc(CNC(=O)c2ccncc2N)cc1. The molecule has 4 heteroatoms. The zero-order chi connectivity index (χ0) is 13.7. The zero-order valence-electron chi connectivity index (χ0n) is 10.9. The fraction of sp³-hybridized carbons (Fsp3) is 0.200. The molecule has 19 heavy (non-hydrogen) atoms. The summed E-state index contributed by atoms with van der Waals surface area (Å²) in [7, 11) is 0. The standard InChI is InChI=1S/C15H17N3O/c1-2-11-3-5-12(6-4-11)9-18-15(19)13-7-8-17-10-14(13)16/h3-8,10H,2,9,16H2,1H3,(H,18,19). The Morgan fingerprint density at radius 2 is 1.89 bits per heavy atom. The average molecular weight is 255 g/mol. The fourth-order valence-electron chi connectivity index (χ4n) is 1.78. The Labute approximate surface area is 112 Å². The number of aryl methyl sites for hydroxylation is 1. The molecule has 0 aliphatic rings. The summed E-state index contributed by atoms with van der Waals surface area (Å²) in [5, 5.41) is 2.85. The number of pyridine rings is 1. The minimum absolute atomic E-state index is 0.181. The molecule has 0 unspecified atom stereocenters. The lowest BCUT2D eigenvalue weighted by Crippen LogP contribution is -2.23. The maximum atomic E-state index is 11.9. The summed E-state index contributed by atoms with van der Waals surface area (Å²) in [4.78, 5) is 15.8. The Hall–Kier alpha value is -2.36. The van der Waals surface area contributed by atoms with E-state index in [4.69, 9.17) is 5.73 Å². The molecular formula is C15H17N3O. The number of rotatable bonds is 4. The number of nitrogen functional groups attached to an aromatic ring is 1. The molecule has 1 aromatic carbocycles. The molecule has 0 saturated heterocycles. The molecule has 2 aromatic rings. The van der Waals surface area contributed by atoms with Crippen LogP contribution in [0.2, 0.25) is 0 Å². The van der Waals surface area contributed by atoms with Crippen LogP contribution < -0.4 is 11.1 Å². The van der Waals surface area contributed by atoms with Crippen molar-refractivity contribution in [2.45, 2.75) is 19.9 Å². The van der Waals surface area contributed by atoms with Crippen LogP contribution in [-0.2, 0) is 13.0 Å². The van der Waals surface area contributed by atoms with Gasteiger partial charge in [0, 0.05) is 12.7 Å². The predicted octanol–water partition coefficient (Wildman–Crippen LogP) is 2.16. The lowest BCUT2D eigenvalue weighted by atomic mass is 10.1. The van der Waals surface area contributed by atoms with Crippen molar-refractivity contribution in [2.75, 3.05) is 5.73 Å². The average Bonchev–Trinajstić information content (AvgIpc) is 2.46. The molecule has 0 radical (unpaired) electrons. The highest BCUT2D eigenvalue weighted by molar-refractivity contribution is 5.98. The van der Waals surface area contributed by atoms with Gasteiger partial charge in [-0.05, 0) is 23.6 Å². The number of nitrogens with two attached hydrogens (primary N) is 1. The third-order valence-corrected chi connectivity index (χ3v) is 2.98. The third kappa shape index (κ3) is 3.31. The van der Waals surface area contributed by atoms with E-state index >= 15 is 0 Å². The Balaban J connectivity index is 1.98. The van der Waals surface area contributed by atoms with Gasteiger partial charge >= 0.3 is 0 Å². The number of nitrogens with one attached hydrogen (secondary N) is 1. The van der Waals surface area contributed by atoms with Gasteiger partial charge in [0.2, 0.25) is 0 Å². The Morgan fingerprint density at radius 1 is 1.21 bits per heavy atom. The van der Waals surface area contributed by atoms with Crippen molar-refractivity contribution >= 4 is 11.6 Å². The molecule has 0 bridgehead atoms. The van der Waals surface area contributed by atoms with Crippen LogP contribution in [0.1, 0.15) is 28.4 Å². The van der Waals surface area contributed by atoms with Gasteiger partial charge in [-0.15, -0.1) is 0 Å². The summed E-state index contributed by atoms with van der Waals surface area (Å²) in [5.41, 5.74) is 8.91. The van der Waals surface area contributed by atoms with Gasteiger partial charge in [0.05, 0.1) is 17.4 Å². The molecule has 2 rings (SSSR count). The van der Waals surface area contributed by atoms with E-state index in [1.54, 1.807) is 12.3 Å². The van der Waals surface area contributed by atoms with E-state index in [1.165, 1.54) is 11.8 Å². The highest BCUT2D eigenvalue weighted by Crippen LogP contribution is 2.09. The van der Waals surface area contributed by atoms with Crippen LogP contribution in [0.15, 0.2) is 42.7 Å². The van der Waals surface area contributed by atoms with Crippen molar-refractivity contribution in [3.63, 3.8) is 0 Å². The molecule has 1 heterocycles. The van der Waals surface area contributed by atoms with E-state index in [1.807, 2.05) is 12.1 Å². The minimum atomic E-state index is -0.181. The molecule has 3 N–H and O–H groups in total. The second kappa shape index (κ2) is 6.00. The monoisotopic (exact) mass is 255 g/mol. The first-order chi connectivity index (χ1) is 9.20. The predicted molar refractivity (Wildman–Crippen MR) is 75.6 cm³/mol. The van der Waals surface area contributed by atoms with E-state index in [9.17, 15) is 4.79 Å². The quantitative estimate of drug-likeness (QED) is 0.879. The molecule has 4 nitrogen and oxygen atoms in total. The molecule has 0 aliphatic carbocycles. The second-order valence-corrected chi connectivity index (χ2v) is 4.32. The van der Waals surface area contributed by atoms with Gasteiger partial charge in [-0.1, -0.05) is 31.2 Å². The fourth-order valence-corrected chi connectivity index (χ4v) is 1.78. The number of carbonyl (C=O) groups excluding carboxylic acids is 1. The summed E-state index contributed by atoms with van der Waals surface area (Å²) >= 11 is 0. The second-order valence-electron chi connectivity index (χ2n) is 4.32. The van der Waals surface area contributed by atoms with E-state index < -0.39 is 0 Å². The van der Waals surface area contributed by atoms with Gasteiger partial charge < -0.3 is 11.1 Å². The van der Waals surface area contributed by atoms with Crippen LogP contribution >= 0.6 is 0 Å². The van der Waals surface area contributed by atoms with Gasteiger partial charge in [-0.3, -0.25) is 9.78 Å². The number of hydrogen-bond donors (Lipinski definition) is 2. The van der Waals surface area contributed by atoms with E-state index in [2.05, 4.69) is 29.4 Å². The maximum absolute atomic E-state index is 11.9. The lowest BCUT2D eigenvalue weighted by molar-refractivity contribution is 0.0951. The van der Waals surface area contributed by atoms with Crippen molar-refractivity contribution in [2.24, 2.45) is 0 Å². The van der Waals surface area contributed by atoms with Gasteiger partial charge in [-0.25, -0.2) is 0 Å². The Kier molecular flexibility index (Phi) is 4.13. The van der Waals surface area contributed by atoms with Crippen molar-refractivity contribution in [3.05, 3.63) is 59.4 Å². The molecule has 0 spiro atoms. The van der Waals surface area contributed by atoms with Crippen LogP contribution in [0.5, 0.6) is 0 Å². The number of anilines is 1. The summed E-state index contributed by atoms with van der Waals surface area (Å²) in [6, 6.07) is 9.81. The van der Waals surface area contributed by atoms with E-state index in [0.717, 1.165) is 12.0 Å². The topological polar surface area (TPSA) is 68.0 Å². The highest BCUT2D eigenvalue weighted by atomic mass is 16.1. The van der Waals surface area contributed by atoms with Crippen LogP contribution in [-0.4, -0.2) is 10.9 Å². The molecule has 0 saturated carbocycles. The first-order valence-electron chi connectivity index (χ1n) is 6.26. The highest BCUT2D eigenvalue weighted by Gasteiger charge is 2.08. The van der Waals surface area contributed by atoms with E-state index in [-0.39, 0.29) is 5.91 Å². The zero-order valence-corrected chi connectivity index (χ0v) is 10.9. The normalized spacial score (nSPS) is 10.2. The molecule has 98 valence electrons. The van der Waals surface area contributed by atoms with Gasteiger partial charge in [-0.2, -0.15) is 0 Å². The Morgan fingerprint density at radius 3 is 2.53 bits per heavy atom. The summed E-state index contributed by atoms with van der Waals surface area (Å²) in [6.45, 7) is 2.60. The number of amides is 1. The van der Waals surface area contributed by atoms with Crippen LogP contribution in [0, 0.1) is 0 Å². The number of carbonyl (C=O) groups is 1. The Bertz CT molecular complexity index is 564. The lowest BCUT2D eigenvalue weighted by Gasteiger charge is -2.07. The number of aromatic nitrogens is 1. The first-order valence-corrected chi connectivity index (χ1v) is 6.26. The van der Waals surface area contributed by atoms with Crippen LogP contribution in [0.4, 0.5) is 5.69 Å². The summed E-state index contributed by atoms with van der Waals surface area (Å²) < 4.78 is 0. The van der Waals surface area contributed by atoms with Crippen molar-refractivity contribution in [3.8, 4) is 0 Å². The van der Waals surface area contributed by atoms with Crippen molar-refractivity contribution in [1.29, 1.82) is 0 Å². The van der Waals surface area contributed by atoms with Gasteiger partial charge in [0.1, 0.15) is 0 Å². The van der Waals surface area contributed by atoms with E-state index in [0.29, 0.717) is 17.8 Å². The molecule has 1 amide bonds. The van der Waals surface area contributed by atoms with Crippen LogP contribution in [0.25, 0.3) is 0 Å². The maximum Gasteiger partial charge on any atom is 0.253 e. The smallest absolute Gasteiger partial charge is 0.253 e.